The van der Waals surface area contributed by atoms with Crippen LogP contribution >= 0.6 is 0 Å². The lowest BCUT2D eigenvalue weighted by molar-refractivity contribution is -0.167. The molecule has 0 fully saturated rings. The highest BCUT2D eigenvalue weighted by Crippen LogP contribution is 2.15. The first kappa shape index (κ1) is 71.1. The predicted molar refractivity (Wildman–Crippen MR) is 325 cm³/mol. The molecule has 0 spiro atoms. The quantitative estimate of drug-likeness (QED) is 0.0261. The van der Waals surface area contributed by atoms with E-state index < -0.39 is 6.10 Å². The summed E-state index contributed by atoms with van der Waals surface area (Å²) in [5.74, 6) is -0.914. The average Bonchev–Trinajstić information content (AvgIpc) is 3.41. The van der Waals surface area contributed by atoms with Gasteiger partial charge in [-0.3, -0.25) is 14.4 Å². The molecule has 6 nitrogen and oxygen atoms in total. The van der Waals surface area contributed by atoms with Crippen LogP contribution in [0.2, 0.25) is 0 Å². The number of ether oxygens (including phenoxy) is 3. The summed E-state index contributed by atoms with van der Waals surface area (Å²) < 4.78 is 16.9. The molecule has 75 heavy (non-hydrogen) atoms. The van der Waals surface area contributed by atoms with E-state index in [0.29, 0.717) is 19.3 Å². The van der Waals surface area contributed by atoms with Crippen molar-refractivity contribution >= 4 is 17.9 Å². The molecule has 0 saturated heterocycles. The summed E-state index contributed by atoms with van der Waals surface area (Å²) >= 11 is 0. The number of rotatable bonds is 56. The van der Waals surface area contributed by atoms with Crippen molar-refractivity contribution in [3.8, 4) is 0 Å². The zero-order chi connectivity index (χ0) is 54.3. The standard InChI is InChI=1S/C69H116O6/c1-4-7-10-13-16-19-22-25-27-29-31-33-34-36-37-39-41-44-47-50-53-56-59-62-68(71)74-65-66(64-73-67(70)61-58-55-52-49-46-43-24-21-18-15-12-9-6-3)75-69(72)63-60-57-54-51-48-45-42-40-38-35-32-30-28-26-23-20-17-14-11-8-5-2/h7,10,12,15-16,19,21,23-27,30-33,36-37,66H,4-6,8-9,11,13-14,17-18,20,22,28-29,34-35,38-65H2,1-3H3/b10-7-,15-12-,19-16-,24-21-,26-23-,27-25-,32-30-,33-31-,37-36-. The molecule has 0 saturated carbocycles. The summed E-state index contributed by atoms with van der Waals surface area (Å²) in [6, 6.07) is 0. The Morgan fingerprint density at radius 1 is 0.280 bits per heavy atom. The topological polar surface area (TPSA) is 78.9 Å². The van der Waals surface area contributed by atoms with Gasteiger partial charge >= 0.3 is 17.9 Å². The summed E-state index contributed by atoms with van der Waals surface area (Å²) in [6.45, 7) is 6.44. The molecule has 0 heterocycles. The molecule has 0 radical (unpaired) electrons. The number of hydrogen-bond donors (Lipinski definition) is 0. The summed E-state index contributed by atoms with van der Waals surface area (Å²) in [5, 5.41) is 0. The van der Waals surface area contributed by atoms with Crippen LogP contribution in [0.1, 0.15) is 290 Å². The molecule has 0 aliphatic rings. The molecule has 0 bridgehead atoms. The van der Waals surface area contributed by atoms with Crippen molar-refractivity contribution in [2.45, 2.75) is 297 Å². The Bertz CT molecular complexity index is 1520. The van der Waals surface area contributed by atoms with Gasteiger partial charge in [-0.25, -0.2) is 0 Å². The summed E-state index contributed by atoms with van der Waals surface area (Å²) in [4.78, 5) is 38.3. The lowest BCUT2D eigenvalue weighted by Crippen LogP contribution is -2.30. The number of carbonyl (C=O) groups is 3. The summed E-state index contributed by atoms with van der Waals surface area (Å²) in [7, 11) is 0. The first-order chi connectivity index (χ1) is 37.0. The SMILES string of the molecule is CC/C=C\C/C=C\C/C=C\C/C=C\C/C=C\CCCCCCCCCC(=O)OCC(COC(=O)CCCCCCC/C=C\C/C=C\CCC)OC(=O)CCCCCCCCCCC/C=C\C/C=C\CCCCCCC. The van der Waals surface area contributed by atoms with Crippen LogP contribution in [0.5, 0.6) is 0 Å². The molecule has 0 amide bonds. The van der Waals surface area contributed by atoms with Crippen molar-refractivity contribution in [3.63, 3.8) is 0 Å². The molecule has 0 aliphatic carbocycles. The molecule has 0 N–H and O–H groups in total. The van der Waals surface area contributed by atoms with Crippen LogP contribution in [0.15, 0.2) is 109 Å². The molecule has 428 valence electrons. The first-order valence-corrected chi connectivity index (χ1v) is 31.4. The van der Waals surface area contributed by atoms with Crippen LogP contribution in [-0.2, 0) is 28.6 Å². The largest absolute Gasteiger partial charge is 0.462 e. The van der Waals surface area contributed by atoms with Crippen molar-refractivity contribution in [2.75, 3.05) is 13.2 Å². The Morgan fingerprint density at radius 3 is 0.867 bits per heavy atom. The fourth-order valence-corrected chi connectivity index (χ4v) is 8.54. The number of allylic oxidation sites excluding steroid dienone is 18. The maximum Gasteiger partial charge on any atom is 0.306 e. The number of unbranched alkanes of at least 4 members (excludes halogenated alkanes) is 27. The third-order valence-electron chi connectivity index (χ3n) is 13.2. The lowest BCUT2D eigenvalue weighted by Gasteiger charge is -2.18. The van der Waals surface area contributed by atoms with E-state index in [1.54, 1.807) is 0 Å². The molecular weight excluding hydrogens is 925 g/mol. The van der Waals surface area contributed by atoms with Gasteiger partial charge in [0.15, 0.2) is 6.10 Å². The van der Waals surface area contributed by atoms with Crippen molar-refractivity contribution in [1.82, 2.24) is 0 Å². The van der Waals surface area contributed by atoms with Crippen molar-refractivity contribution in [1.29, 1.82) is 0 Å². The maximum atomic E-state index is 12.9. The van der Waals surface area contributed by atoms with Crippen molar-refractivity contribution < 1.29 is 28.6 Å². The molecular formula is C69H116O6. The van der Waals surface area contributed by atoms with Gasteiger partial charge in [-0.15, -0.1) is 0 Å². The lowest BCUT2D eigenvalue weighted by atomic mass is 10.1. The van der Waals surface area contributed by atoms with Gasteiger partial charge < -0.3 is 14.2 Å². The van der Waals surface area contributed by atoms with E-state index in [1.165, 1.54) is 116 Å². The molecule has 1 atom stereocenters. The number of carbonyl (C=O) groups excluding carboxylic acids is 3. The van der Waals surface area contributed by atoms with Gasteiger partial charge in [-0.05, 0) is 122 Å². The first-order valence-electron chi connectivity index (χ1n) is 31.4. The van der Waals surface area contributed by atoms with Crippen LogP contribution in [0.3, 0.4) is 0 Å². The highest BCUT2D eigenvalue weighted by atomic mass is 16.6. The number of hydrogen-bond acceptors (Lipinski definition) is 6. The van der Waals surface area contributed by atoms with Crippen molar-refractivity contribution in [3.05, 3.63) is 109 Å². The van der Waals surface area contributed by atoms with Gasteiger partial charge in [0.1, 0.15) is 13.2 Å². The Hall–Kier alpha value is -3.93. The fourth-order valence-electron chi connectivity index (χ4n) is 8.54. The second-order valence-corrected chi connectivity index (χ2v) is 20.6. The second-order valence-electron chi connectivity index (χ2n) is 20.6. The Balaban J connectivity index is 4.39. The highest BCUT2D eigenvalue weighted by molar-refractivity contribution is 5.71. The third-order valence-corrected chi connectivity index (χ3v) is 13.2. The molecule has 0 rings (SSSR count). The van der Waals surface area contributed by atoms with Gasteiger partial charge in [-0.1, -0.05) is 259 Å². The van der Waals surface area contributed by atoms with Crippen LogP contribution in [0.4, 0.5) is 0 Å². The van der Waals surface area contributed by atoms with E-state index in [0.717, 1.165) is 135 Å². The Kier molecular flexibility index (Phi) is 59.3. The van der Waals surface area contributed by atoms with E-state index in [2.05, 4.69) is 130 Å². The Labute approximate surface area is 463 Å². The summed E-state index contributed by atoms with van der Waals surface area (Å²) in [6.07, 6.45) is 85.1. The molecule has 1 unspecified atom stereocenters. The zero-order valence-corrected chi connectivity index (χ0v) is 49.0. The van der Waals surface area contributed by atoms with Gasteiger partial charge in [0.2, 0.25) is 0 Å². The molecule has 0 aromatic carbocycles. The normalized spacial score (nSPS) is 12.8. The Morgan fingerprint density at radius 2 is 0.547 bits per heavy atom. The minimum atomic E-state index is -0.794. The average molecular weight is 1040 g/mol. The van der Waals surface area contributed by atoms with E-state index in [9.17, 15) is 14.4 Å². The molecule has 0 aliphatic heterocycles. The van der Waals surface area contributed by atoms with Crippen LogP contribution in [0, 0.1) is 0 Å². The minimum absolute atomic E-state index is 0.0911. The van der Waals surface area contributed by atoms with E-state index in [-0.39, 0.29) is 31.1 Å². The smallest absolute Gasteiger partial charge is 0.306 e. The van der Waals surface area contributed by atoms with Crippen LogP contribution in [-0.4, -0.2) is 37.2 Å². The molecule has 6 heteroatoms. The predicted octanol–water partition coefficient (Wildman–Crippen LogP) is 21.4. The summed E-state index contributed by atoms with van der Waals surface area (Å²) in [5.41, 5.74) is 0. The van der Waals surface area contributed by atoms with Crippen LogP contribution in [0.25, 0.3) is 0 Å². The third kappa shape index (κ3) is 60.8. The molecule has 0 aromatic rings. The van der Waals surface area contributed by atoms with Crippen LogP contribution < -0.4 is 0 Å². The van der Waals surface area contributed by atoms with Gasteiger partial charge in [-0.2, -0.15) is 0 Å². The van der Waals surface area contributed by atoms with E-state index in [4.69, 9.17) is 14.2 Å². The zero-order valence-electron chi connectivity index (χ0n) is 49.0. The van der Waals surface area contributed by atoms with E-state index >= 15 is 0 Å². The maximum absolute atomic E-state index is 12.9. The molecule has 0 aromatic heterocycles. The van der Waals surface area contributed by atoms with Gasteiger partial charge in [0, 0.05) is 19.3 Å². The minimum Gasteiger partial charge on any atom is -0.462 e. The number of esters is 3. The van der Waals surface area contributed by atoms with Gasteiger partial charge in [0.05, 0.1) is 0 Å². The van der Waals surface area contributed by atoms with Gasteiger partial charge in [0.25, 0.3) is 0 Å². The highest BCUT2D eigenvalue weighted by Gasteiger charge is 2.19. The van der Waals surface area contributed by atoms with E-state index in [1.807, 2.05) is 0 Å². The monoisotopic (exact) mass is 1040 g/mol. The second kappa shape index (κ2) is 62.6. The fraction of sp³-hybridized carbons (Fsp3) is 0.696. The van der Waals surface area contributed by atoms with Crippen molar-refractivity contribution in [2.24, 2.45) is 0 Å².